The van der Waals surface area contributed by atoms with Gasteiger partial charge in [-0.3, -0.25) is 9.48 Å². The van der Waals surface area contributed by atoms with Crippen LogP contribution in [0.25, 0.3) is 0 Å². The van der Waals surface area contributed by atoms with Crippen LogP contribution in [0.3, 0.4) is 0 Å². The lowest BCUT2D eigenvalue weighted by Gasteiger charge is -2.29. The highest BCUT2D eigenvalue weighted by atomic mass is 35.5. The average Bonchev–Trinajstić information content (AvgIpc) is 2.91. The lowest BCUT2D eigenvalue weighted by atomic mass is 9.97. The monoisotopic (exact) mass is 442 g/mol. The van der Waals surface area contributed by atoms with Crippen LogP contribution in [0.4, 0.5) is 10.1 Å². The summed E-state index contributed by atoms with van der Waals surface area (Å²) in [5.41, 5.74) is 2.25. The van der Waals surface area contributed by atoms with Crippen molar-refractivity contribution in [1.82, 2.24) is 14.1 Å². The van der Waals surface area contributed by atoms with E-state index in [1.165, 1.54) is 16.6 Å². The van der Waals surface area contributed by atoms with E-state index in [-0.39, 0.29) is 18.4 Å². The predicted molar refractivity (Wildman–Crippen MR) is 110 cm³/mol. The van der Waals surface area contributed by atoms with Crippen molar-refractivity contribution < 1.29 is 17.6 Å². The van der Waals surface area contributed by atoms with Gasteiger partial charge in [0.25, 0.3) is 0 Å². The first-order chi connectivity index (χ1) is 13.6. The van der Waals surface area contributed by atoms with Crippen molar-refractivity contribution in [2.75, 3.05) is 24.7 Å². The number of carbonyl (C=O) groups is 1. The fraction of sp³-hybridized carbons (Fsp3) is 0.474. The van der Waals surface area contributed by atoms with Crippen molar-refractivity contribution in [3.63, 3.8) is 0 Å². The van der Waals surface area contributed by atoms with Gasteiger partial charge in [0.15, 0.2) is 0 Å². The molecule has 0 unspecified atom stereocenters. The van der Waals surface area contributed by atoms with E-state index in [1.807, 2.05) is 0 Å². The summed E-state index contributed by atoms with van der Waals surface area (Å²) >= 11 is 6.11. The molecular weight excluding hydrogens is 419 g/mol. The zero-order valence-corrected chi connectivity index (χ0v) is 18.1. The SMILES string of the molecule is Cc1nn(Cc2c(F)cccc2Cl)c(C)c1NC(=O)C1CCN(S(C)(=O)=O)CC1. The van der Waals surface area contributed by atoms with E-state index >= 15 is 0 Å². The second-order valence-electron chi connectivity index (χ2n) is 7.33. The first kappa shape index (κ1) is 21.7. The van der Waals surface area contributed by atoms with Crippen LogP contribution < -0.4 is 5.32 Å². The molecule has 10 heteroatoms. The van der Waals surface area contributed by atoms with Gasteiger partial charge in [0.05, 0.1) is 29.9 Å². The molecule has 1 saturated heterocycles. The molecular formula is C19H24ClFN4O3S. The quantitative estimate of drug-likeness (QED) is 0.771. The predicted octanol–water partition coefficient (Wildman–Crippen LogP) is 2.95. The molecule has 0 radical (unpaired) electrons. The number of nitrogens with one attached hydrogen (secondary N) is 1. The molecule has 29 heavy (non-hydrogen) atoms. The number of benzene rings is 1. The molecule has 1 aromatic carbocycles. The number of hydrogen-bond donors (Lipinski definition) is 1. The number of anilines is 1. The molecule has 7 nitrogen and oxygen atoms in total. The summed E-state index contributed by atoms with van der Waals surface area (Å²) in [4.78, 5) is 12.7. The molecule has 1 aromatic heterocycles. The summed E-state index contributed by atoms with van der Waals surface area (Å²) in [5.74, 6) is -0.836. The molecule has 0 spiro atoms. The van der Waals surface area contributed by atoms with Gasteiger partial charge in [0.1, 0.15) is 5.82 Å². The molecule has 2 heterocycles. The van der Waals surface area contributed by atoms with E-state index in [2.05, 4.69) is 10.4 Å². The van der Waals surface area contributed by atoms with Crippen LogP contribution in [-0.4, -0.2) is 47.8 Å². The van der Waals surface area contributed by atoms with Gasteiger partial charge in [0.2, 0.25) is 15.9 Å². The van der Waals surface area contributed by atoms with Crippen molar-refractivity contribution in [2.45, 2.75) is 33.2 Å². The summed E-state index contributed by atoms with van der Waals surface area (Å²) in [6.45, 7) is 4.39. The molecule has 1 amide bonds. The molecule has 1 aliphatic rings. The summed E-state index contributed by atoms with van der Waals surface area (Å²) in [6.07, 6.45) is 2.11. The standard InChI is InChI=1S/C19H24ClFN4O3S/c1-12-18(22-19(26)14-7-9-24(10-8-14)29(3,27)28)13(2)25(23-12)11-15-16(20)5-4-6-17(15)21/h4-6,14H,7-11H2,1-3H3,(H,22,26). The maximum Gasteiger partial charge on any atom is 0.227 e. The topological polar surface area (TPSA) is 84.3 Å². The van der Waals surface area contributed by atoms with Gasteiger partial charge in [-0.1, -0.05) is 17.7 Å². The molecule has 3 rings (SSSR count). The van der Waals surface area contributed by atoms with E-state index in [9.17, 15) is 17.6 Å². The van der Waals surface area contributed by atoms with Gasteiger partial charge in [-0.25, -0.2) is 17.1 Å². The molecule has 1 aliphatic heterocycles. The highest BCUT2D eigenvalue weighted by Gasteiger charge is 2.29. The van der Waals surface area contributed by atoms with Crippen molar-refractivity contribution in [3.8, 4) is 0 Å². The third-order valence-corrected chi connectivity index (χ3v) is 6.95. The minimum atomic E-state index is -3.23. The van der Waals surface area contributed by atoms with Gasteiger partial charge < -0.3 is 5.32 Å². The third kappa shape index (κ3) is 4.79. The van der Waals surface area contributed by atoms with Crippen molar-refractivity contribution >= 4 is 33.2 Å². The van der Waals surface area contributed by atoms with Gasteiger partial charge >= 0.3 is 0 Å². The Hall–Kier alpha value is -1.97. The Labute approximate surface area is 174 Å². The molecule has 158 valence electrons. The molecule has 1 N–H and O–H groups in total. The highest BCUT2D eigenvalue weighted by molar-refractivity contribution is 7.88. The van der Waals surface area contributed by atoms with Crippen molar-refractivity contribution in [2.24, 2.45) is 5.92 Å². The van der Waals surface area contributed by atoms with E-state index in [0.29, 0.717) is 53.6 Å². The highest BCUT2D eigenvalue weighted by Crippen LogP contribution is 2.26. The minimum Gasteiger partial charge on any atom is -0.323 e. The number of sulfonamides is 1. The smallest absolute Gasteiger partial charge is 0.227 e. The zero-order valence-electron chi connectivity index (χ0n) is 16.6. The zero-order chi connectivity index (χ0) is 21.3. The number of amides is 1. The van der Waals surface area contributed by atoms with Crippen molar-refractivity contribution in [3.05, 3.63) is 46.0 Å². The first-order valence-corrected chi connectivity index (χ1v) is 11.5. The Bertz CT molecular complexity index is 1010. The van der Waals surface area contributed by atoms with Crippen LogP contribution in [0.2, 0.25) is 5.02 Å². The Balaban J connectivity index is 1.72. The Morgan fingerprint density at radius 1 is 1.31 bits per heavy atom. The Morgan fingerprint density at radius 3 is 2.55 bits per heavy atom. The van der Waals surface area contributed by atoms with E-state index in [4.69, 9.17) is 11.6 Å². The number of piperidine rings is 1. The first-order valence-electron chi connectivity index (χ1n) is 9.30. The van der Waals surface area contributed by atoms with Gasteiger partial charge in [-0.15, -0.1) is 0 Å². The van der Waals surface area contributed by atoms with Crippen LogP contribution >= 0.6 is 11.6 Å². The number of halogens is 2. The van der Waals surface area contributed by atoms with Gasteiger partial charge in [0, 0.05) is 29.6 Å². The Morgan fingerprint density at radius 2 is 1.97 bits per heavy atom. The summed E-state index contributed by atoms with van der Waals surface area (Å²) in [7, 11) is -3.23. The number of aryl methyl sites for hydroxylation is 1. The molecule has 0 aliphatic carbocycles. The Kier molecular flexibility index (Phi) is 6.30. The number of carbonyl (C=O) groups excluding carboxylic acids is 1. The summed E-state index contributed by atoms with van der Waals surface area (Å²) in [5, 5.41) is 7.66. The summed E-state index contributed by atoms with van der Waals surface area (Å²) < 4.78 is 40.4. The lowest BCUT2D eigenvalue weighted by molar-refractivity contribution is -0.120. The van der Waals surface area contributed by atoms with E-state index in [0.717, 1.165) is 0 Å². The number of rotatable bonds is 5. The molecule has 0 atom stereocenters. The molecule has 0 bridgehead atoms. The fourth-order valence-corrected chi connectivity index (χ4v) is 4.64. The average molecular weight is 443 g/mol. The number of aromatic nitrogens is 2. The van der Waals surface area contributed by atoms with Crippen LogP contribution in [0.15, 0.2) is 18.2 Å². The maximum atomic E-state index is 14.1. The largest absolute Gasteiger partial charge is 0.323 e. The van der Waals surface area contributed by atoms with Crippen LogP contribution in [-0.2, 0) is 21.4 Å². The minimum absolute atomic E-state index is 0.154. The van der Waals surface area contributed by atoms with Crippen LogP contribution in [0.1, 0.15) is 29.8 Å². The number of hydrogen-bond acceptors (Lipinski definition) is 4. The summed E-state index contributed by atoms with van der Waals surface area (Å²) in [6, 6.07) is 4.51. The van der Waals surface area contributed by atoms with Crippen molar-refractivity contribution in [1.29, 1.82) is 0 Å². The normalized spacial score (nSPS) is 16.2. The fourth-order valence-electron chi connectivity index (χ4n) is 3.54. The number of nitrogens with zero attached hydrogens (tertiary/aromatic N) is 3. The molecule has 0 saturated carbocycles. The third-order valence-electron chi connectivity index (χ3n) is 5.29. The molecule has 2 aromatic rings. The van der Waals surface area contributed by atoms with Gasteiger partial charge in [-0.2, -0.15) is 5.10 Å². The van der Waals surface area contributed by atoms with E-state index < -0.39 is 15.8 Å². The maximum absolute atomic E-state index is 14.1. The lowest BCUT2D eigenvalue weighted by Crippen LogP contribution is -2.41. The van der Waals surface area contributed by atoms with Crippen LogP contribution in [0.5, 0.6) is 0 Å². The van der Waals surface area contributed by atoms with Crippen LogP contribution in [0, 0.1) is 25.6 Å². The second kappa shape index (κ2) is 8.41. The second-order valence-corrected chi connectivity index (χ2v) is 9.72. The molecule has 1 fully saturated rings. The van der Waals surface area contributed by atoms with Gasteiger partial charge in [-0.05, 0) is 38.8 Å². The van der Waals surface area contributed by atoms with E-state index in [1.54, 1.807) is 30.7 Å².